The number of hydrogen-bond acceptors (Lipinski definition) is 5. The van der Waals surface area contributed by atoms with Gasteiger partial charge in [0.15, 0.2) is 18.0 Å². The number of urea groups is 1. The Kier molecular flexibility index (Phi) is 5.04. The van der Waals surface area contributed by atoms with Crippen LogP contribution >= 0.6 is 0 Å². The molecule has 1 unspecified atom stereocenters. The number of likely N-dealkylation sites (N-methyl/N-ethyl adjacent to an activating group) is 1. The number of carbonyl (C=O) groups is 3. The first-order valence-electron chi connectivity index (χ1n) is 9.58. The maximum Gasteiger partial charge on any atom is 0.344 e. The number of hydrazine groups is 1. The summed E-state index contributed by atoms with van der Waals surface area (Å²) < 4.78 is 10.7. The summed E-state index contributed by atoms with van der Waals surface area (Å²) >= 11 is 0. The third kappa shape index (κ3) is 3.67. The zero-order valence-corrected chi connectivity index (χ0v) is 16.7. The second-order valence-corrected chi connectivity index (χ2v) is 7.59. The van der Waals surface area contributed by atoms with Crippen LogP contribution in [-0.2, 0) is 21.7 Å². The predicted molar refractivity (Wildman–Crippen MR) is 105 cm³/mol. The molecule has 4 rings (SSSR count). The highest BCUT2D eigenvalue weighted by atomic mass is 16.7. The Balaban J connectivity index is 1.36. The first-order valence-corrected chi connectivity index (χ1v) is 9.58. The van der Waals surface area contributed by atoms with Gasteiger partial charge in [-0.3, -0.25) is 15.0 Å². The zero-order chi connectivity index (χ0) is 21.3. The van der Waals surface area contributed by atoms with Gasteiger partial charge in [0.05, 0.1) is 7.05 Å². The van der Waals surface area contributed by atoms with E-state index in [0.717, 1.165) is 15.5 Å². The van der Waals surface area contributed by atoms with Crippen LogP contribution in [0.1, 0.15) is 18.1 Å². The fourth-order valence-electron chi connectivity index (χ4n) is 3.61. The van der Waals surface area contributed by atoms with Gasteiger partial charge >= 0.3 is 6.03 Å². The topological polar surface area (TPSA) is 101 Å². The summed E-state index contributed by atoms with van der Waals surface area (Å²) in [6.07, 6.45) is 0. The fourth-order valence-corrected chi connectivity index (χ4v) is 3.61. The van der Waals surface area contributed by atoms with Gasteiger partial charge in [0, 0.05) is 5.56 Å². The number of hydrogen-bond donors (Lipinski definition) is 3. The van der Waals surface area contributed by atoms with E-state index in [9.17, 15) is 14.4 Å². The molecule has 0 aliphatic carbocycles. The quantitative estimate of drug-likeness (QED) is 0.578. The average molecular weight is 411 g/mol. The monoisotopic (exact) mass is 411 g/mol. The zero-order valence-electron chi connectivity index (χ0n) is 16.7. The molecule has 156 valence electrons. The van der Waals surface area contributed by atoms with E-state index >= 15 is 0 Å². The lowest BCUT2D eigenvalue weighted by atomic mass is 9.92. The van der Waals surface area contributed by atoms with Gasteiger partial charge < -0.3 is 19.7 Å². The maximum absolute atomic E-state index is 12.9. The Hall–Kier alpha value is -3.59. The van der Waals surface area contributed by atoms with Crippen LogP contribution in [0.3, 0.4) is 0 Å². The van der Waals surface area contributed by atoms with Crippen LogP contribution in [0, 0.1) is 0 Å². The number of carbonyl (C=O) groups excluding carboxylic acids is 3. The minimum absolute atomic E-state index is 0.0769. The van der Waals surface area contributed by atoms with Gasteiger partial charge in [-0.1, -0.05) is 30.3 Å². The molecule has 1 saturated heterocycles. The molecule has 9 nitrogen and oxygen atoms in total. The van der Waals surface area contributed by atoms with E-state index in [1.807, 2.05) is 31.3 Å². The minimum Gasteiger partial charge on any atom is -0.454 e. The van der Waals surface area contributed by atoms with Gasteiger partial charge in [-0.15, -0.1) is 0 Å². The smallest absolute Gasteiger partial charge is 0.344 e. The van der Waals surface area contributed by atoms with Gasteiger partial charge in [0.2, 0.25) is 6.79 Å². The predicted octanol–water partition coefficient (Wildman–Crippen LogP) is -0.0716. The second-order valence-electron chi connectivity index (χ2n) is 7.59. The van der Waals surface area contributed by atoms with Crippen molar-refractivity contribution in [2.75, 3.05) is 20.4 Å². The van der Waals surface area contributed by atoms with Crippen molar-refractivity contribution in [3.63, 3.8) is 0 Å². The van der Waals surface area contributed by atoms with Crippen molar-refractivity contribution in [3.8, 4) is 11.5 Å². The number of quaternary nitrogens is 1. The van der Waals surface area contributed by atoms with Crippen LogP contribution in [-0.4, -0.2) is 43.2 Å². The van der Waals surface area contributed by atoms with Crippen molar-refractivity contribution in [2.45, 2.75) is 19.0 Å². The Morgan fingerprint density at radius 1 is 1.17 bits per heavy atom. The molecular formula is C21H23N4O5+. The van der Waals surface area contributed by atoms with E-state index in [-0.39, 0.29) is 13.3 Å². The average Bonchev–Trinajstić information content (AvgIpc) is 3.27. The molecule has 0 spiro atoms. The molecule has 2 aromatic rings. The molecule has 0 aromatic heterocycles. The lowest BCUT2D eigenvalue weighted by Crippen LogP contribution is -3.09. The largest absolute Gasteiger partial charge is 0.454 e. The third-order valence-electron chi connectivity index (χ3n) is 5.18. The second kappa shape index (κ2) is 7.68. The molecule has 2 atom stereocenters. The van der Waals surface area contributed by atoms with Gasteiger partial charge in [-0.2, -0.15) is 5.01 Å². The van der Waals surface area contributed by atoms with Crippen LogP contribution < -0.4 is 25.1 Å². The van der Waals surface area contributed by atoms with Gasteiger partial charge in [-0.05, 0) is 30.7 Å². The number of nitrogens with zero attached hydrogens (tertiary/aromatic N) is 1. The summed E-state index contributed by atoms with van der Waals surface area (Å²) in [6, 6.07) is 13.9. The summed E-state index contributed by atoms with van der Waals surface area (Å²) in [7, 11) is 1.85. The lowest BCUT2D eigenvalue weighted by Gasteiger charge is -2.22. The first kappa shape index (κ1) is 19.7. The van der Waals surface area contributed by atoms with Crippen molar-refractivity contribution in [1.29, 1.82) is 0 Å². The van der Waals surface area contributed by atoms with Crippen molar-refractivity contribution < 1.29 is 28.8 Å². The van der Waals surface area contributed by atoms with Gasteiger partial charge in [0.25, 0.3) is 11.8 Å². The number of rotatable bonds is 6. The number of amides is 4. The molecule has 0 bridgehead atoms. The Labute approximate surface area is 173 Å². The Morgan fingerprint density at radius 3 is 2.67 bits per heavy atom. The van der Waals surface area contributed by atoms with Gasteiger partial charge in [0.1, 0.15) is 12.1 Å². The van der Waals surface area contributed by atoms with E-state index in [0.29, 0.717) is 23.6 Å². The normalized spacial score (nSPS) is 20.8. The molecule has 2 aliphatic rings. The summed E-state index contributed by atoms with van der Waals surface area (Å²) in [5, 5.41) is 3.41. The molecule has 1 fully saturated rings. The number of benzene rings is 2. The Morgan fingerprint density at radius 2 is 1.90 bits per heavy atom. The molecule has 0 saturated carbocycles. The number of ether oxygens (including phenoxy) is 2. The standard InChI is InChI=1S/C21H22N4O5/c1-21(15-6-4-3-5-7-15)19(27)25(20(28)22-21)23-18(26)12-24(2)11-14-8-9-16-17(10-14)30-13-29-16/h3-10H,11-13H2,1-2H3,(H,22,28)(H,23,26)/p+1/t21-/m0/s1. The van der Waals surface area contributed by atoms with Crippen molar-refractivity contribution >= 4 is 17.8 Å². The van der Waals surface area contributed by atoms with Gasteiger partial charge in [-0.25, -0.2) is 4.79 Å². The fraction of sp³-hybridized carbons (Fsp3) is 0.286. The molecular weight excluding hydrogens is 388 g/mol. The SMILES string of the molecule is C[NH+](CC(=O)NN1C(=O)N[C@@](C)(c2ccccc2)C1=O)Cc1ccc2c(c1)OCO2. The number of nitrogens with one attached hydrogen (secondary N) is 3. The van der Waals surface area contributed by atoms with Crippen LogP contribution in [0.2, 0.25) is 0 Å². The molecule has 2 heterocycles. The highest BCUT2D eigenvalue weighted by molar-refractivity contribution is 6.08. The Bertz CT molecular complexity index is 996. The van der Waals surface area contributed by atoms with E-state index < -0.39 is 23.4 Å². The van der Waals surface area contributed by atoms with E-state index in [4.69, 9.17) is 9.47 Å². The van der Waals surface area contributed by atoms with Crippen LogP contribution in [0.15, 0.2) is 48.5 Å². The molecule has 9 heteroatoms. The van der Waals surface area contributed by atoms with Crippen molar-refractivity contribution in [3.05, 3.63) is 59.7 Å². The molecule has 2 aliphatic heterocycles. The maximum atomic E-state index is 12.9. The summed E-state index contributed by atoms with van der Waals surface area (Å²) in [5.41, 5.74) is 2.83. The van der Waals surface area contributed by atoms with Crippen LogP contribution in [0.25, 0.3) is 0 Å². The summed E-state index contributed by atoms with van der Waals surface area (Å²) in [4.78, 5) is 38.5. The molecule has 4 amide bonds. The molecule has 3 N–H and O–H groups in total. The summed E-state index contributed by atoms with van der Waals surface area (Å²) in [6.45, 7) is 2.46. The molecule has 2 aromatic carbocycles. The highest BCUT2D eigenvalue weighted by Gasteiger charge is 2.50. The van der Waals surface area contributed by atoms with Crippen molar-refractivity contribution in [2.24, 2.45) is 0 Å². The van der Waals surface area contributed by atoms with E-state index in [1.54, 1.807) is 31.2 Å². The third-order valence-corrected chi connectivity index (χ3v) is 5.18. The minimum atomic E-state index is -1.23. The highest BCUT2D eigenvalue weighted by Crippen LogP contribution is 2.32. The number of imide groups is 1. The molecule has 0 radical (unpaired) electrons. The van der Waals surface area contributed by atoms with E-state index in [1.165, 1.54) is 0 Å². The lowest BCUT2D eigenvalue weighted by molar-refractivity contribution is -0.885. The van der Waals surface area contributed by atoms with Crippen molar-refractivity contribution in [1.82, 2.24) is 15.8 Å². The molecule has 30 heavy (non-hydrogen) atoms. The van der Waals surface area contributed by atoms with Crippen LogP contribution in [0.4, 0.5) is 4.79 Å². The first-order chi connectivity index (χ1) is 14.4. The summed E-state index contributed by atoms with van der Waals surface area (Å²) in [5.74, 6) is 0.424. The van der Waals surface area contributed by atoms with E-state index in [2.05, 4.69) is 10.7 Å². The number of fused-ring (bicyclic) bond motifs is 1. The van der Waals surface area contributed by atoms with Crippen LogP contribution in [0.5, 0.6) is 11.5 Å².